The highest BCUT2D eigenvalue weighted by Gasteiger charge is 2.24. The number of likely N-dealkylation sites (tertiary alicyclic amines) is 1. The van der Waals surface area contributed by atoms with Crippen LogP contribution >= 0.6 is 0 Å². The molecule has 0 atom stereocenters. The molecule has 0 aliphatic carbocycles. The number of aromatic nitrogens is 4. The number of imidazole rings is 1. The number of H-pyrrole nitrogens is 1. The first-order valence-electron chi connectivity index (χ1n) is 10.4. The van der Waals surface area contributed by atoms with Crippen LogP contribution in [0.1, 0.15) is 32.6 Å². The Balaban J connectivity index is 1.50. The van der Waals surface area contributed by atoms with Gasteiger partial charge in [0.2, 0.25) is 0 Å². The number of carboxylic acids is 1. The number of carbonyl (C=O) groups is 1. The third-order valence-electron chi connectivity index (χ3n) is 5.31. The molecule has 3 heterocycles. The lowest BCUT2D eigenvalue weighted by atomic mass is 9.97. The molecule has 166 valence electrons. The Morgan fingerprint density at radius 2 is 1.97 bits per heavy atom. The summed E-state index contributed by atoms with van der Waals surface area (Å²) in [5.41, 5.74) is 6.41. The zero-order valence-corrected chi connectivity index (χ0v) is 17.3. The predicted molar refractivity (Wildman–Crippen MR) is 111 cm³/mol. The topological polar surface area (TPSA) is 149 Å². The highest BCUT2D eigenvalue weighted by Crippen LogP contribution is 2.18. The quantitative estimate of drug-likeness (QED) is 0.445. The third-order valence-corrected chi connectivity index (χ3v) is 5.31. The number of aromatic amines is 1. The molecule has 1 aliphatic rings. The van der Waals surface area contributed by atoms with E-state index in [9.17, 15) is 9.59 Å². The number of nitrogen functional groups attached to an aromatic ring is 1. The molecule has 0 unspecified atom stereocenters. The van der Waals surface area contributed by atoms with E-state index in [0.29, 0.717) is 50.4 Å². The molecule has 11 nitrogen and oxygen atoms in total. The zero-order valence-electron chi connectivity index (χ0n) is 17.3. The molecule has 11 heteroatoms. The summed E-state index contributed by atoms with van der Waals surface area (Å²) in [6, 6.07) is 0.159. The Morgan fingerprint density at radius 3 is 2.67 bits per heavy atom. The van der Waals surface area contributed by atoms with Crippen LogP contribution < -0.4 is 16.2 Å². The van der Waals surface area contributed by atoms with Crippen molar-refractivity contribution < 1.29 is 19.4 Å². The smallest absolute Gasteiger partial charge is 0.327 e. The Hall–Kier alpha value is -2.66. The van der Waals surface area contributed by atoms with Gasteiger partial charge >= 0.3 is 17.7 Å². The van der Waals surface area contributed by atoms with E-state index in [1.54, 1.807) is 0 Å². The number of ether oxygens (including phenoxy) is 2. The van der Waals surface area contributed by atoms with Gasteiger partial charge < -0.3 is 30.2 Å². The van der Waals surface area contributed by atoms with Crippen molar-refractivity contribution in [1.29, 1.82) is 0 Å². The van der Waals surface area contributed by atoms with E-state index in [2.05, 4.69) is 26.8 Å². The second-order valence-electron chi connectivity index (χ2n) is 7.44. The molecule has 30 heavy (non-hydrogen) atoms. The van der Waals surface area contributed by atoms with E-state index in [-0.39, 0.29) is 23.4 Å². The van der Waals surface area contributed by atoms with Crippen LogP contribution in [0.4, 0.5) is 5.82 Å². The first-order chi connectivity index (χ1) is 14.5. The zero-order chi connectivity index (χ0) is 21.5. The maximum Gasteiger partial charge on any atom is 0.327 e. The predicted octanol–water partition coefficient (Wildman–Crippen LogP) is 0.694. The van der Waals surface area contributed by atoms with Gasteiger partial charge in [0, 0.05) is 6.54 Å². The number of piperidine rings is 1. The van der Waals surface area contributed by atoms with Crippen molar-refractivity contribution in [3.8, 4) is 6.01 Å². The first-order valence-corrected chi connectivity index (χ1v) is 10.4. The maximum atomic E-state index is 12.3. The molecule has 0 amide bonds. The van der Waals surface area contributed by atoms with Gasteiger partial charge in [-0.25, -0.2) is 4.79 Å². The molecule has 3 rings (SSSR count). The second kappa shape index (κ2) is 10.4. The van der Waals surface area contributed by atoms with Gasteiger partial charge in [0.05, 0.1) is 32.3 Å². The number of hydrogen-bond donors (Lipinski definition) is 3. The molecule has 2 aromatic heterocycles. The number of hydrogen-bond acceptors (Lipinski definition) is 8. The van der Waals surface area contributed by atoms with Crippen molar-refractivity contribution in [1.82, 2.24) is 24.4 Å². The van der Waals surface area contributed by atoms with Crippen molar-refractivity contribution in [2.75, 3.05) is 45.2 Å². The summed E-state index contributed by atoms with van der Waals surface area (Å²) in [5, 5.41) is 9.05. The molecule has 4 N–H and O–H groups in total. The number of anilines is 1. The summed E-state index contributed by atoms with van der Waals surface area (Å²) in [7, 11) is 0. The lowest BCUT2D eigenvalue weighted by Crippen LogP contribution is -2.38. The van der Waals surface area contributed by atoms with Crippen LogP contribution in [-0.4, -0.2) is 74.9 Å². The van der Waals surface area contributed by atoms with E-state index < -0.39 is 5.97 Å². The van der Waals surface area contributed by atoms with Gasteiger partial charge in [0.25, 0.3) is 0 Å². The minimum atomic E-state index is -0.710. The van der Waals surface area contributed by atoms with Crippen LogP contribution in [0, 0.1) is 5.92 Å². The van der Waals surface area contributed by atoms with E-state index in [1.165, 1.54) is 4.57 Å². The van der Waals surface area contributed by atoms with E-state index in [0.717, 1.165) is 32.5 Å². The minimum absolute atomic E-state index is 0.159. The maximum absolute atomic E-state index is 12.3. The molecule has 1 fully saturated rings. The van der Waals surface area contributed by atoms with Gasteiger partial charge in [-0.1, -0.05) is 13.3 Å². The van der Waals surface area contributed by atoms with E-state index in [4.69, 9.17) is 20.3 Å². The lowest BCUT2D eigenvalue weighted by molar-refractivity contribution is -0.143. The fourth-order valence-corrected chi connectivity index (χ4v) is 3.47. The Morgan fingerprint density at radius 1 is 1.23 bits per heavy atom. The van der Waals surface area contributed by atoms with Crippen molar-refractivity contribution >= 4 is 23.0 Å². The Kier molecular flexibility index (Phi) is 7.63. The van der Waals surface area contributed by atoms with Gasteiger partial charge in [-0.2, -0.15) is 9.97 Å². The highest BCUT2D eigenvalue weighted by molar-refractivity contribution is 5.81. The van der Waals surface area contributed by atoms with Crippen LogP contribution in [0.15, 0.2) is 4.79 Å². The first kappa shape index (κ1) is 22.0. The van der Waals surface area contributed by atoms with Gasteiger partial charge in [-0.3, -0.25) is 9.36 Å². The summed E-state index contributed by atoms with van der Waals surface area (Å²) in [6.07, 6.45) is 3.21. The van der Waals surface area contributed by atoms with Crippen LogP contribution in [-0.2, 0) is 16.1 Å². The number of aliphatic carboxylic acids is 1. The van der Waals surface area contributed by atoms with Gasteiger partial charge in [0.15, 0.2) is 11.5 Å². The average Bonchev–Trinajstić information content (AvgIpc) is 3.04. The number of nitrogens with one attached hydrogen (secondary N) is 1. The van der Waals surface area contributed by atoms with Crippen LogP contribution in [0.5, 0.6) is 6.01 Å². The monoisotopic (exact) mass is 422 g/mol. The molecule has 0 saturated carbocycles. The van der Waals surface area contributed by atoms with Crippen molar-refractivity contribution in [2.24, 2.45) is 5.92 Å². The molecular formula is C19H30N6O5. The average molecular weight is 422 g/mol. The fourth-order valence-electron chi connectivity index (χ4n) is 3.47. The highest BCUT2D eigenvalue weighted by atomic mass is 16.5. The van der Waals surface area contributed by atoms with Crippen molar-refractivity contribution in [3.63, 3.8) is 0 Å². The van der Waals surface area contributed by atoms with Crippen LogP contribution in [0.25, 0.3) is 11.2 Å². The Bertz CT molecular complexity index is 903. The summed E-state index contributed by atoms with van der Waals surface area (Å²) < 4.78 is 12.7. The molecule has 0 aromatic carbocycles. The number of rotatable bonds is 11. The van der Waals surface area contributed by atoms with Gasteiger partial charge in [-0.15, -0.1) is 0 Å². The number of unbranched alkanes of at least 4 members (excludes halogenated alkanes) is 1. The largest absolute Gasteiger partial charge is 0.481 e. The van der Waals surface area contributed by atoms with E-state index in [1.807, 2.05) is 0 Å². The standard InChI is InChI=1S/C19H30N6O5/c1-2-3-10-30-18-22-15(20)14-16(23-18)25(19(28)21-14)9-12-29-11-8-24-6-4-13(5-7-24)17(26)27/h13H,2-12H2,1H3,(H,21,28)(H,26,27)(H2,20,22,23). The number of nitrogens with zero attached hydrogens (tertiary/aromatic N) is 4. The third kappa shape index (κ3) is 5.48. The number of carboxylic acid groups (broad SMARTS) is 1. The molecule has 1 saturated heterocycles. The molecule has 1 aliphatic heterocycles. The summed E-state index contributed by atoms with van der Waals surface area (Å²) >= 11 is 0. The normalized spacial score (nSPS) is 15.6. The van der Waals surface area contributed by atoms with E-state index >= 15 is 0 Å². The fraction of sp³-hybridized carbons (Fsp3) is 0.684. The molecule has 0 spiro atoms. The minimum Gasteiger partial charge on any atom is -0.481 e. The van der Waals surface area contributed by atoms with Crippen LogP contribution in [0.2, 0.25) is 0 Å². The van der Waals surface area contributed by atoms with Crippen LogP contribution in [0.3, 0.4) is 0 Å². The SMILES string of the molecule is CCCCOc1nc(N)c2[nH]c(=O)n(CCOCCN3CCC(C(=O)O)CC3)c2n1. The number of nitrogens with two attached hydrogens (primary N) is 1. The molecule has 0 radical (unpaired) electrons. The summed E-state index contributed by atoms with van der Waals surface area (Å²) in [5.74, 6) is -0.771. The summed E-state index contributed by atoms with van der Waals surface area (Å²) in [4.78, 5) is 36.6. The van der Waals surface area contributed by atoms with Crippen molar-refractivity contribution in [2.45, 2.75) is 39.2 Å². The molecule has 0 bridgehead atoms. The second-order valence-corrected chi connectivity index (χ2v) is 7.44. The lowest BCUT2D eigenvalue weighted by Gasteiger charge is -2.29. The van der Waals surface area contributed by atoms with Gasteiger partial charge in [-0.05, 0) is 32.4 Å². The molecular weight excluding hydrogens is 392 g/mol. The van der Waals surface area contributed by atoms with Gasteiger partial charge in [0.1, 0.15) is 5.52 Å². The number of fused-ring (bicyclic) bond motifs is 1. The Labute approximate surface area is 174 Å². The van der Waals surface area contributed by atoms with Crippen molar-refractivity contribution in [3.05, 3.63) is 10.5 Å². The molecule has 2 aromatic rings. The summed E-state index contributed by atoms with van der Waals surface area (Å²) in [6.45, 7) is 5.99.